The van der Waals surface area contributed by atoms with Crippen molar-refractivity contribution in [2.24, 2.45) is 17.8 Å². The molecule has 212 valence electrons. The van der Waals surface area contributed by atoms with Gasteiger partial charge in [-0.25, -0.2) is 9.78 Å². The molecule has 3 atom stereocenters. The topological polar surface area (TPSA) is 93.6 Å². The van der Waals surface area contributed by atoms with Gasteiger partial charge in [0.05, 0.1) is 34.3 Å². The second-order valence-corrected chi connectivity index (χ2v) is 11.7. The molecule has 2 aliphatic rings. The molecule has 0 radical (unpaired) electrons. The van der Waals surface area contributed by atoms with Gasteiger partial charge in [-0.15, -0.1) is 0 Å². The van der Waals surface area contributed by atoms with Gasteiger partial charge in [0, 0.05) is 21.5 Å². The Balaban J connectivity index is 1.27. The van der Waals surface area contributed by atoms with Gasteiger partial charge in [0.1, 0.15) is 0 Å². The van der Waals surface area contributed by atoms with E-state index in [1.807, 2.05) is 25.1 Å². The first kappa shape index (κ1) is 27.8. The number of Topliss-reactive ketones (excluding diaryl/α,β-unsaturated/α-hetero) is 1. The lowest BCUT2D eigenvalue weighted by Gasteiger charge is -2.25. The van der Waals surface area contributed by atoms with Crippen LogP contribution in [0.15, 0.2) is 72.8 Å². The number of imide groups is 1. The van der Waals surface area contributed by atoms with Crippen LogP contribution in [0.4, 0.5) is 5.69 Å². The number of halogens is 1. The Labute approximate surface area is 248 Å². The maximum Gasteiger partial charge on any atom is 0.339 e. The number of esters is 1. The molecule has 0 N–H and O–H groups in total. The number of pyridine rings is 1. The summed E-state index contributed by atoms with van der Waals surface area (Å²) in [5, 5.41) is 1.12. The van der Waals surface area contributed by atoms with E-state index < -0.39 is 12.6 Å². The fraction of sp³-hybridized carbons (Fsp3) is 0.265. The van der Waals surface area contributed by atoms with E-state index in [0.717, 1.165) is 24.8 Å². The van der Waals surface area contributed by atoms with Gasteiger partial charge in [-0.3, -0.25) is 19.3 Å². The lowest BCUT2D eigenvalue weighted by molar-refractivity contribution is -0.122. The molecule has 42 heavy (non-hydrogen) atoms. The third kappa shape index (κ3) is 5.21. The average Bonchev–Trinajstić information content (AvgIpc) is 3.24. The monoisotopic (exact) mass is 580 g/mol. The number of benzene rings is 3. The number of ketones is 1. The third-order valence-electron chi connectivity index (χ3n) is 8.29. The maximum atomic E-state index is 13.3. The predicted molar refractivity (Wildman–Crippen MR) is 160 cm³/mol. The zero-order valence-corrected chi connectivity index (χ0v) is 24.1. The van der Waals surface area contributed by atoms with Crippen molar-refractivity contribution in [3.63, 3.8) is 0 Å². The molecule has 6 rings (SSSR count). The number of carbonyl (C=O) groups excluding carboxylic acids is 4. The summed E-state index contributed by atoms with van der Waals surface area (Å²) in [6, 6.07) is 20.7. The Morgan fingerprint density at radius 1 is 0.929 bits per heavy atom. The minimum absolute atomic E-state index is 0.123. The molecular formula is C34H29ClN2O5. The fourth-order valence-electron chi connectivity index (χ4n) is 6.01. The highest BCUT2D eigenvalue weighted by Gasteiger charge is 2.49. The Bertz CT molecular complexity index is 1730. The molecule has 8 heteroatoms. The van der Waals surface area contributed by atoms with Crippen LogP contribution in [0, 0.1) is 24.7 Å². The van der Waals surface area contributed by atoms with E-state index in [1.165, 1.54) is 4.90 Å². The summed E-state index contributed by atoms with van der Waals surface area (Å²) in [5.41, 5.74) is 3.99. The SMILES string of the molecule is Cc1ccc2nc(-c3ccc(N4C(=O)[C@@H]5CC[C@H](C)C[C@H]5C4=O)cc3)cc(C(=O)OCC(=O)c3ccc(Cl)cc3)c2c1. The molecule has 2 heterocycles. The third-order valence-corrected chi connectivity index (χ3v) is 8.55. The van der Waals surface area contributed by atoms with Crippen LogP contribution in [0.3, 0.4) is 0 Å². The molecule has 4 aromatic rings. The second kappa shape index (κ2) is 11.1. The number of carbonyl (C=O) groups is 4. The minimum Gasteiger partial charge on any atom is -0.454 e. The standard InChI is InChI=1S/C34H29ClN2O5/c1-19-3-13-25-27(16-19)33(40)37(32(25)39)24-11-7-21(8-12-24)30-17-28(26-15-20(2)4-14-29(26)36-30)34(41)42-18-31(38)22-5-9-23(35)10-6-22/h4-12,14-15,17,19,25,27H,3,13,16,18H2,1-2H3/t19-,25+,27+/m0/s1. The van der Waals surface area contributed by atoms with Gasteiger partial charge in [-0.05, 0) is 86.7 Å². The minimum atomic E-state index is -0.640. The largest absolute Gasteiger partial charge is 0.454 e. The summed E-state index contributed by atoms with van der Waals surface area (Å²) in [6.07, 6.45) is 2.45. The summed E-state index contributed by atoms with van der Waals surface area (Å²) in [6.45, 7) is 3.63. The van der Waals surface area contributed by atoms with Crippen LogP contribution in [0.25, 0.3) is 22.2 Å². The van der Waals surface area contributed by atoms with E-state index in [4.69, 9.17) is 21.3 Å². The van der Waals surface area contributed by atoms with Crippen molar-refractivity contribution < 1.29 is 23.9 Å². The number of fused-ring (bicyclic) bond motifs is 2. The number of hydrogen-bond acceptors (Lipinski definition) is 6. The van der Waals surface area contributed by atoms with Gasteiger partial charge < -0.3 is 4.74 Å². The lowest BCUT2D eigenvalue weighted by Crippen LogP contribution is -2.30. The number of amides is 2. The zero-order chi connectivity index (χ0) is 29.5. The number of rotatable bonds is 6. The average molecular weight is 581 g/mol. The van der Waals surface area contributed by atoms with Crippen LogP contribution >= 0.6 is 11.6 Å². The quantitative estimate of drug-likeness (QED) is 0.141. The maximum absolute atomic E-state index is 13.3. The number of aromatic nitrogens is 1. The van der Waals surface area contributed by atoms with Gasteiger partial charge in [0.25, 0.3) is 0 Å². The van der Waals surface area contributed by atoms with Gasteiger partial charge in [-0.1, -0.05) is 42.3 Å². The highest BCUT2D eigenvalue weighted by molar-refractivity contribution is 6.30. The van der Waals surface area contributed by atoms with Gasteiger partial charge >= 0.3 is 5.97 Å². The summed E-state index contributed by atoms with van der Waals surface area (Å²) in [4.78, 5) is 58.3. The smallest absolute Gasteiger partial charge is 0.339 e. The van der Waals surface area contributed by atoms with Crippen molar-refractivity contribution in [2.75, 3.05) is 11.5 Å². The molecule has 1 aromatic heterocycles. The molecule has 1 aliphatic carbocycles. The Morgan fingerprint density at radius 3 is 2.38 bits per heavy atom. The number of ether oxygens (including phenoxy) is 1. The first-order valence-corrected chi connectivity index (χ1v) is 14.4. The summed E-state index contributed by atoms with van der Waals surface area (Å²) in [5.74, 6) is -1.27. The summed E-state index contributed by atoms with van der Waals surface area (Å²) >= 11 is 5.91. The van der Waals surface area contributed by atoms with Crippen molar-refractivity contribution in [1.29, 1.82) is 0 Å². The first-order valence-electron chi connectivity index (χ1n) is 14.0. The molecule has 2 amide bonds. The number of hydrogen-bond donors (Lipinski definition) is 0. The van der Waals surface area contributed by atoms with Crippen LogP contribution in [-0.2, 0) is 14.3 Å². The molecule has 2 fully saturated rings. The van der Waals surface area contributed by atoms with Crippen LogP contribution < -0.4 is 4.90 Å². The number of anilines is 1. The molecule has 0 spiro atoms. The van der Waals surface area contributed by atoms with E-state index in [0.29, 0.717) is 44.4 Å². The van der Waals surface area contributed by atoms with Gasteiger partial charge in [0.2, 0.25) is 11.8 Å². The van der Waals surface area contributed by atoms with E-state index in [2.05, 4.69) is 6.92 Å². The summed E-state index contributed by atoms with van der Waals surface area (Å²) in [7, 11) is 0. The van der Waals surface area contributed by atoms with Crippen molar-refractivity contribution in [3.8, 4) is 11.3 Å². The van der Waals surface area contributed by atoms with Crippen molar-refractivity contribution >= 4 is 51.8 Å². The van der Waals surface area contributed by atoms with Gasteiger partial charge in [-0.2, -0.15) is 0 Å². The Hall–Kier alpha value is -4.36. The fourth-order valence-corrected chi connectivity index (χ4v) is 6.14. The second-order valence-electron chi connectivity index (χ2n) is 11.3. The van der Waals surface area contributed by atoms with Crippen molar-refractivity contribution in [1.82, 2.24) is 4.98 Å². The van der Waals surface area contributed by atoms with Crippen LogP contribution in [0.5, 0.6) is 0 Å². The molecule has 0 unspecified atom stereocenters. The molecule has 3 aromatic carbocycles. The molecule has 0 bridgehead atoms. The molecule has 1 aliphatic heterocycles. The Kier molecular flexibility index (Phi) is 7.37. The lowest BCUT2D eigenvalue weighted by atomic mass is 9.76. The number of nitrogens with zero attached hydrogens (tertiary/aromatic N) is 2. The first-order chi connectivity index (χ1) is 20.2. The normalized spacial score (nSPS) is 20.1. The van der Waals surface area contributed by atoms with Crippen LogP contribution in [-0.4, -0.2) is 35.2 Å². The highest BCUT2D eigenvalue weighted by atomic mass is 35.5. The van der Waals surface area contributed by atoms with Crippen molar-refractivity contribution in [3.05, 3.63) is 94.5 Å². The van der Waals surface area contributed by atoms with E-state index in [9.17, 15) is 19.2 Å². The summed E-state index contributed by atoms with van der Waals surface area (Å²) < 4.78 is 5.45. The van der Waals surface area contributed by atoms with E-state index >= 15 is 0 Å². The highest BCUT2D eigenvalue weighted by Crippen LogP contribution is 2.42. The number of aryl methyl sites for hydroxylation is 1. The zero-order valence-electron chi connectivity index (χ0n) is 23.3. The molecular weight excluding hydrogens is 552 g/mol. The van der Waals surface area contributed by atoms with Gasteiger partial charge in [0.15, 0.2) is 12.4 Å². The molecule has 1 saturated heterocycles. The molecule has 1 saturated carbocycles. The Morgan fingerprint density at radius 2 is 1.64 bits per heavy atom. The van der Waals surface area contributed by atoms with E-state index in [-0.39, 0.29) is 35.0 Å². The van der Waals surface area contributed by atoms with Crippen LogP contribution in [0.2, 0.25) is 5.02 Å². The van der Waals surface area contributed by atoms with Crippen molar-refractivity contribution in [2.45, 2.75) is 33.1 Å². The molecule has 7 nitrogen and oxygen atoms in total. The predicted octanol–water partition coefficient (Wildman–Crippen LogP) is 6.83. The van der Waals surface area contributed by atoms with E-state index in [1.54, 1.807) is 54.6 Å². The van der Waals surface area contributed by atoms with Crippen LogP contribution in [0.1, 0.15) is 52.5 Å².